The van der Waals surface area contributed by atoms with Crippen LogP contribution in [-0.4, -0.2) is 26.8 Å². The number of nitrogens with zero attached hydrogens (tertiary/aromatic N) is 3. The van der Waals surface area contributed by atoms with E-state index in [9.17, 15) is 9.50 Å². The first-order valence-electron chi connectivity index (χ1n) is 5.96. The van der Waals surface area contributed by atoms with Gasteiger partial charge in [0.15, 0.2) is 0 Å². The summed E-state index contributed by atoms with van der Waals surface area (Å²) in [5, 5.41) is 14.7. The quantitative estimate of drug-likeness (QED) is 0.801. The van der Waals surface area contributed by atoms with Crippen LogP contribution >= 0.6 is 11.3 Å². The van der Waals surface area contributed by atoms with E-state index in [1.165, 1.54) is 23.5 Å². The van der Waals surface area contributed by atoms with Crippen molar-refractivity contribution in [2.45, 2.75) is 13.2 Å². The minimum atomic E-state index is -0.305. The van der Waals surface area contributed by atoms with Crippen LogP contribution in [0.2, 0.25) is 0 Å². The normalized spacial score (nSPS) is 11.3. The summed E-state index contributed by atoms with van der Waals surface area (Å²) in [5.74, 6) is -0.305. The first-order valence-corrected chi connectivity index (χ1v) is 6.77. The van der Waals surface area contributed by atoms with Crippen LogP contribution in [0, 0.1) is 5.82 Å². The van der Waals surface area contributed by atoms with Crippen LogP contribution in [0.25, 0.3) is 16.2 Å². The lowest BCUT2D eigenvalue weighted by Gasteiger charge is -2.00. The Morgan fingerprint density at radius 3 is 2.75 bits per heavy atom. The Hall–Kier alpha value is -1.83. The molecule has 0 aliphatic rings. The Balaban J connectivity index is 2.11. The van der Waals surface area contributed by atoms with Crippen LogP contribution in [0.15, 0.2) is 24.3 Å². The predicted octanol–water partition coefficient (Wildman–Crippen LogP) is 2.24. The minimum absolute atomic E-state index is 0.190. The van der Waals surface area contributed by atoms with E-state index in [1.807, 2.05) is 0 Å². The van der Waals surface area contributed by atoms with Gasteiger partial charge in [-0.05, 0) is 24.3 Å². The molecule has 3 rings (SSSR count). The molecule has 0 saturated carbocycles. The maximum atomic E-state index is 13.0. The first-order chi connectivity index (χ1) is 9.72. The summed E-state index contributed by atoms with van der Waals surface area (Å²) in [7, 11) is 1.60. The third-order valence-corrected chi connectivity index (χ3v) is 3.76. The van der Waals surface area contributed by atoms with Gasteiger partial charge in [-0.3, -0.25) is 0 Å². The molecule has 0 unspecified atom stereocenters. The molecule has 0 fully saturated rings. The van der Waals surface area contributed by atoms with Gasteiger partial charge >= 0.3 is 0 Å². The van der Waals surface area contributed by atoms with Gasteiger partial charge in [-0.25, -0.2) is 13.9 Å². The number of fused-ring (bicyclic) bond motifs is 1. The van der Waals surface area contributed by atoms with E-state index < -0.39 is 0 Å². The van der Waals surface area contributed by atoms with Crippen LogP contribution in [0.5, 0.6) is 0 Å². The summed E-state index contributed by atoms with van der Waals surface area (Å²) in [6.45, 7) is 0.217. The number of hydrogen-bond acceptors (Lipinski definition) is 5. The van der Waals surface area contributed by atoms with E-state index in [2.05, 4.69) is 10.1 Å². The van der Waals surface area contributed by atoms with Gasteiger partial charge in [0.25, 0.3) is 0 Å². The highest BCUT2D eigenvalue weighted by molar-refractivity contribution is 7.16. The van der Waals surface area contributed by atoms with Gasteiger partial charge in [0.1, 0.15) is 10.8 Å². The second-order valence-corrected chi connectivity index (χ2v) is 5.24. The lowest BCUT2D eigenvalue weighted by atomic mass is 10.1. The average Bonchev–Trinajstić information content (AvgIpc) is 2.96. The van der Waals surface area contributed by atoms with Crippen LogP contribution in [0.1, 0.15) is 10.7 Å². The van der Waals surface area contributed by atoms with E-state index in [-0.39, 0.29) is 12.4 Å². The SMILES string of the molecule is COCc1nn2c(CO)c(-c3ccc(F)cc3)nc2s1. The number of halogens is 1. The number of methoxy groups -OCH3 is 1. The number of imidazole rings is 1. The fourth-order valence-electron chi connectivity index (χ4n) is 1.99. The van der Waals surface area contributed by atoms with Gasteiger partial charge in [-0.1, -0.05) is 11.3 Å². The lowest BCUT2D eigenvalue weighted by Crippen LogP contribution is -1.97. The number of ether oxygens (including phenoxy) is 1. The molecule has 0 atom stereocenters. The van der Waals surface area contributed by atoms with E-state index in [0.717, 1.165) is 10.6 Å². The number of aliphatic hydroxyl groups is 1. The number of rotatable bonds is 4. The molecule has 2 aromatic heterocycles. The van der Waals surface area contributed by atoms with Crippen molar-refractivity contribution in [2.75, 3.05) is 7.11 Å². The van der Waals surface area contributed by atoms with Crippen LogP contribution in [-0.2, 0) is 18.0 Å². The zero-order valence-corrected chi connectivity index (χ0v) is 11.5. The Kier molecular flexibility index (Phi) is 3.47. The molecule has 2 heterocycles. The molecular formula is C13H12FN3O2S. The number of aromatic nitrogens is 3. The fourth-order valence-corrected chi connectivity index (χ4v) is 2.88. The molecule has 0 saturated heterocycles. The van der Waals surface area contributed by atoms with Crippen LogP contribution < -0.4 is 0 Å². The summed E-state index contributed by atoms with van der Waals surface area (Å²) in [5.41, 5.74) is 1.96. The van der Waals surface area contributed by atoms with Gasteiger partial charge in [0, 0.05) is 12.7 Å². The van der Waals surface area contributed by atoms with Crippen LogP contribution in [0.4, 0.5) is 4.39 Å². The Labute approximate surface area is 118 Å². The van der Waals surface area contributed by atoms with Gasteiger partial charge in [-0.15, -0.1) is 0 Å². The van der Waals surface area contributed by atoms with Gasteiger partial charge in [0.05, 0.1) is 24.6 Å². The first kappa shape index (κ1) is 13.2. The largest absolute Gasteiger partial charge is 0.390 e. The maximum absolute atomic E-state index is 13.0. The molecule has 0 radical (unpaired) electrons. The highest BCUT2D eigenvalue weighted by atomic mass is 32.1. The third kappa shape index (κ3) is 2.20. The topological polar surface area (TPSA) is 59.7 Å². The second kappa shape index (κ2) is 5.28. The van der Waals surface area contributed by atoms with Crippen molar-refractivity contribution in [3.8, 4) is 11.3 Å². The number of hydrogen-bond donors (Lipinski definition) is 1. The van der Waals surface area contributed by atoms with Gasteiger partial charge in [0.2, 0.25) is 4.96 Å². The van der Waals surface area contributed by atoms with E-state index in [0.29, 0.717) is 23.0 Å². The van der Waals surface area contributed by atoms with Crippen molar-refractivity contribution in [1.29, 1.82) is 0 Å². The molecule has 0 aliphatic carbocycles. The minimum Gasteiger partial charge on any atom is -0.390 e. The summed E-state index contributed by atoms with van der Waals surface area (Å²) in [4.78, 5) is 5.15. The number of aliphatic hydroxyl groups excluding tert-OH is 1. The molecule has 7 heteroatoms. The molecule has 20 heavy (non-hydrogen) atoms. The third-order valence-electron chi connectivity index (χ3n) is 2.87. The molecular weight excluding hydrogens is 281 g/mol. The highest BCUT2D eigenvalue weighted by Crippen LogP contribution is 2.27. The molecule has 0 aliphatic heterocycles. The zero-order valence-electron chi connectivity index (χ0n) is 10.7. The maximum Gasteiger partial charge on any atom is 0.213 e. The molecule has 104 valence electrons. The highest BCUT2D eigenvalue weighted by Gasteiger charge is 2.17. The molecule has 3 aromatic rings. The van der Waals surface area contributed by atoms with E-state index in [4.69, 9.17) is 4.74 Å². The fraction of sp³-hybridized carbons (Fsp3) is 0.231. The van der Waals surface area contributed by atoms with Crippen molar-refractivity contribution in [2.24, 2.45) is 0 Å². The second-order valence-electron chi connectivity index (χ2n) is 4.20. The van der Waals surface area contributed by atoms with Crippen molar-refractivity contribution in [1.82, 2.24) is 14.6 Å². The molecule has 1 aromatic carbocycles. The predicted molar refractivity (Wildman–Crippen MR) is 72.9 cm³/mol. The zero-order chi connectivity index (χ0) is 14.1. The molecule has 5 nitrogen and oxygen atoms in total. The summed E-state index contributed by atoms with van der Waals surface area (Å²) >= 11 is 1.40. The summed E-state index contributed by atoms with van der Waals surface area (Å²) < 4.78 is 19.6. The van der Waals surface area contributed by atoms with E-state index in [1.54, 1.807) is 23.8 Å². The lowest BCUT2D eigenvalue weighted by molar-refractivity contribution is 0.183. The average molecular weight is 293 g/mol. The van der Waals surface area contributed by atoms with E-state index >= 15 is 0 Å². The summed E-state index contributed by atoms with van der Waals surface area (Å²) in [6, 6.07) is 6.01. The Morgan fingerprint density at radius 1 is 1.35 bits per heavy atom. The Morgan fingerprint density at radius 2 is 2.10 bits per heavy atom. The van der Waals surface area contributed by atoms with Crippen molar-refractivity contribution in [3.05, 3.63) is 40.8 Å². The van der Waals surface area contributed by atoms with Gasteiger partial charge < -0.3 is 9.84 Å². The van der Waals surface area contributed by atoms with Crippen molar-refractivity contribution in [3.63, 3.8) is 0 Å². The molecule has 0 spiro atoms. The number of benzene rings is 1. The van der Waals surface area contributed by atoms with Crippen LogP contribution in [0.3, 0.4) is 0 Å². The summed E-state index contributed by atoms with van der Waals surface area (Å²) in [6.07, 6.45) is 0. The van der Waals surface area contributed by atoms with Gasteiger partial charge in [-0.2, -0.15) is 5.10 Å². The molecule has 0 amide bonds. The monoisotopic (exact) mass is 293 g/mol. The molecule has 1 N–H and O–H groups in total. The standard InChI is InChI=1S/C13H12FN3O2S/c1-19-7-11-16-17-10(6-18)12(15-13(17)20-11)8-2-4-9(14)5-3-8/h2-5,18H,6-7H2,1H3. The Bertz CT molecular complexity index is 736. The van der Waals surface area contributed by atoms with Crippen molar-refractivity contribution >= 4 is 16.3 Å². The van der Waals surface area contributed by atoms with Crippen molar-refractivity contribution < 1.29 is 14.2 Å². The molecule has 0 bridgehead atoms. The smallest absolute Gasteiger partial charge is 0.213 e.